The first kappa shape index (κ1) is 10.5. The normalized spacial score (nSPS) is 23.3. The van der Waals surface area contributed by atoms with Gasteiger partial charge in [0.15, 0.2) is 0 Å². The van der Waals surface area contributed by atoms with Gasteiger partial charge in [-0.1, -0.05) is 13.3 Å². The number of unbranched alkanes of at least 4 members (excludes halogenated alkanes) is 1. The largest absolute Gasteiger partial charge is 0.377 e. The van der Waals surface area contributed by atoms with Gasteiger partial charge in [-0.15, -0.1) is 0 Å². The van der Waals surface area contributed by atoms with Crippen molar-refractivity contribution in [2.75, 3.05) is 19.7 Å². The Balaban J connectivity index is 2.06. The second-order valence-electron chi connectivity index (χ2n) is 3.33. The molecule has 0 aromatic carbocycles. The fourth-order valence-corrected chi connectivity index (χ4v) is 1.45. The van der Waals surface area contributed by atoms with Gasteiger partial charge in [0.05, 0.1) is 6.10 Å². The second-order valence-corrected chi connectivity index (χ2v) is 3.33. The number of hydrogen-bond acceptors (Lipinski definition) is 3. The Morgan fingerprint density at radius 3 is 3.23 bits per heavy atom. The van der Waals surface area contributed by atoms with Crippen LogP contribution in [0.2, 0.25) is 0 Å². The van der Waals surface area contributed by atoms with Crippen molar-refractivity contribution in [1.82, 2.24) is 10.4 Å². The third-order valence-corrected chi connectivity index (χ3v) is 2.23. The van der Waals surface area contributed by atoms with E-state index in [9.17, 15) is 4.79 Å². The van der Waals surface area contributed by atoms with E-state index in [0.717, 1.165) is 32.5 Å². The quantitative estimate of drug-likeness (QED) is 0.486. The van der Waals surface area contributed by atoms with Crippen LogP contribution in [0.3, 0.4) is 0 Å². The Bertz CT molecular complexity index is 153. The molecule has 0 spiro atoms. The summed E-state index contributed by atoms with van der Waals surface area (Å²) >= 11 is 0. The maximum Gasteiger partial charge on any atom is 0.221 e. The highest BCUT2D eigenvalue weighted by atomic mass is 16.5. The fourth-order valence-electron chi connectivity index (χ4n) is 1.45. The molecule has 1 amide bonds. The molecule has 0 bridgehead atoms. The van der Waals surface area contributed by atoms with Crippen LogP contribution in [0.15, 0.2) is 0 Å². The number of amides is 1. The smallest absolute Gasteiger partial charge is 0.221 e. The van der Waals surface area contributed by atoms with Crippen molar-refractivity contribution in [3.05, 3.63) is 0 Å². The molecule has 76 valence electrons. The summed E-state index contributed by atoms with van der Waals surface area (Å²) in [6.07, 6.45) is 4.33. The van der Waals surface area contributed by atoms with E-state index < -0.39 is 0 Å². The summed E-state index contributed by atoms with van der Waals surface area (Å²) in [6, 6.07) is 0. The average Bonchev–Trinajstić information content (AvgIpc) is 2.54. The van der Waals surface area contributed by atoms with Crippen molar-refractivity contribution in [1.29, 1.82) is 0 Å². The summed E-state index contributed by atoms with van der Waals surface area (Å²) in [5.41, 5.74) is 2.64. The number of carbonyl (C=O) groups excluding carboxylic acids is 1. The van der Waals surface area contributed by atoms with E-state index in [1.165, 1.54) is 6.42 Å². The summed E-state index contributed by atoms with van der Waals surface area (Å²) in [6.45, 7) is 4.71. The lowest BCUT2D eigenvalue weighted by Gasteiger charge is -2.14. The summed E-state index contributed by atoms with van der Waals surface area (Å²) in [5, 5.41) is 1.89. The van der Waals surface area contributed by atoms with Crippen LogP contribution in [0.1, 0.15) is 26.2 Å². The van der Waals surface area contributed by atoms with Crippen molar-refractivity contribution < 1.29 is 9.53 Å². The van der Waals surface area contributed by atoms with E-state index in [2.05, 4.69) is 12.3 Å². The molecule has 13 heavy (non-hydrogen) atoms. The van der Waals surface area contributed by atoms with Crippen LogP contribution in [0, 0.1) is 0 Å². The van der Waals surface area contributed by atoms with Crippen molar-refractivity contribution in [2.24, 2.45) is 0 Å². The Kier molecular flexibility index (Phi) is 4.78. The van der Waals surface area contributed by atoms with Gasteiger partial charge in [0.2, 0.25) is 6.41 Å². The lowest BCUT2D eigenvalue weighted by atomic mass is 10.3. The van der Waals surface area contributed by atoms with Gasteiger partial charge in [-0.25, -0.2) is 5.01 Å². The molecule has 4 nitrogen and oxygen atoms in total. The maximum atomic E-state index is 10.1. The summed E-state index contributed by atoms with van der Waals surface area (Å²) in [4.78, 5) is 10.1. The van der Waals surface area contributed by atoms with Crippen molar-refractivity contribution in [3.63, 3.8) is 0 Å². The molecule has 0 aromatic rings. The first-order valence-electron chi connectivity index (χ1n) is 4.93. The first-order chi connectivity index (χ1) is 6.36. The highest BCUT2D eigenvalue weighted by Gasteiger charge is 2.21. The molecule has 0 radical (unpaired) electrons. The van der Waals surface area contributed by atoms with Gasteiger partial charge in [0, 0.05) is 19.7 Å². The molecule has 1 aliphatic rings. The molecule has 0 aliphatic carbocycles. The summed E-state index contributed by atoms with van der Waals surface area (Å²) in [5.74, 6) is 0. The SMILES string of the molecule is CCCCOC1CCN(NC=O)C1. The summed E-state index contributed by atoms with van der Waals surface area (Å²) < 4.78 is 5.62. The molecule has 0 saturated carbocycles. The van der Waals surface area contributed by atoms with E-state index in [1.54, 1.807) is 0 Å². The van der Waals surface area contributed by atoms with Crippen LogP contribution in [0.4, 0.5) is 0 Å². The predicted octanol–water partition coefficient (Wildman–Crippen LogP) is 0.538. The molecule has 4 heteroatoms. The minimum atomic E-state index is 0.305. The highest BCUT2D eigenvalue weighted by molar-refractivity contribution is 5.45. The van der Waals surface area contributed by atoms with E-state index in [4.69, 9.17) is 4.74 Å². The average molecular weight is 186 g/mol. The van der Waals surface area contributed by atoms with E-state index >= 15 is 0 Å². The number of nitrogens with zero attached hydrogens (tertiary/aromatic N) is 1. The van der Waals surface area contributed by atoms with E-state index in [-0.39, 0.29) is 0 Å². The van der Waals surface area contributed by atoms with Gasteiger partial charge in [-0.3, -0.25) is 10.2 Å². The topological polar surface area (TPSA) is 41.6 Å². The van der Waals surface area contributed by atoms with E-state index in [1.807, 2.05) is 5.01 Å². The molecule has 1 rings (SSSR count). The zero-order valence-corrected chi connectivity index (χ0v) is 8.16. The zero-order valence-electron chi connectivity index (χ0n) is 8.16. The van der Waals surface area contributed by atoms with Gasteiger partial charge in [0.1, 0.15) is 0 Å². The van der Waals surface area contributed by atoms with Crippen LogP contribution in [-0.4, -0.2) is 37.2 Å². The third-order valence-electron chi connectivity index (χ3n) is 2.23. The van der Waals surface area contributed by atoms with Gasteiger partial charge < -0.3 is 4.74 Å². The zero-order chi connectivity index (χ0) is 9.52. The van der Waals surface area contributed by atoms with Crippen LogP contribution in [-0.2, 0) is 9.53 Å². The number of carbonyl (C=O) groups is 1. The van der Waals surface area contributed by atoms with E-state index in [0.29, 0.717) is 12.5 Å². The first-order valence-corrected chi connectivity index (χ1v) is 4.93. The molecule has 1 atom stereocenters. The number of ether oxygens (including phenoxy) is 1. The lowest BCUT2D eigenvalue weighted by molar-refractivity contribution is -0.113. The predicted molar refractivity (Wildman–Crippen MR) is 50.0 cm³/mol. The minimum Gasteiger partial charge on any atom is -0.377 e. The second kappa shape index (κ2) is 5.94. The molecule has 1 N–H and O–H groups in total. The van der Waals surface area contributed by atoms with Gasteiger partial charge >= 0.3 is 0 Å². The molecule has 1 aliphatic heterocycles. The summed E-state index contributed by atoms with van der Waals surface area (Å²) in [7, 11) is 0. The van der Waals surface area contributed by atoms with Crippen LogP contribution in [0.5, 0.6) is 0 Å². The molecule has 1 fully saturated rings. The van der Waals surface area contributed by atoms with Crippen molar-refractivity contribution in [2.45, 2.75) is 32.3 Å². The number of hydrogen-bond donors (Lipinski definition) is 1. The lowest BCUT2D eigenvalue weighted by Crippen LogP contribution is -2.35. The molecular weight excluding hydrogens is 168 g/mol. The molecule has 1 heterocycles. The Morgan fingerprint density at radius 2 is 2.54 bits per heavy atom. The minimum absolute atomic E-state index is 0.305. The number of hydrazine groups is 1. The third kappa shape index (κ3) is 3.74. The fraction of sp³-hybridized carbons (Fsp3) is 0.889. The Labute approximate surface area is 79.2 Å². The van der Waals surface area contributed by atoms with Gasteiger partial charge in [0.25, 0.3) is 0 Å². The monoisotopic (exact) mass is 186 g/mol. The maximum absolute atomic E-state index is 10.1. The van der Waals surface area contributed by atoms with Crippen LogP contribution in [0.25, 0.3) is 0 Å². The van der Waals surface area contributed by atoms with Crippen molar-refractivity contribution >= 4 is 6.41 Å². The van der Waals surface area contributed by atoms with Gasteiger partial charge in [-0.05, 0) is 12.8 Å². The molecule has 0 aromatic heterocycles. The van der Waals surface area contributed by atoms with Gasteiger partial charge in [-0.2, -0.15) is 0 Å². The molecular formula is C9H18N2O2. The van der Waals surface area contributed by atoms with Crippen LogP contribution < -0.4 is 5.43 Å². The standard InChI is InChI=1S/C9H18N2O2/c1-2-3-6-13-9-4-5-11(7-9)10-8-12/h8-9H,2-7H2,1H3,(H,10,12). The Morgan fingerprint density at radius 1 is 1.69 bits per heavy atom. The number of rotatable bonds is 6. The molecule has 1 unspecified atom stereocenters. The van der Waals surface area contributed by atoms with Crippen LogP contribution >= 0.6 is 0 Å². The molecule has 1 saturated heterocycles. The Hall–Kier alpha value is -0.610. The number of nitrogens with one attached hydrogen (secondary N) is 1. The highest BCUT2D eigenvalue weighted by Crippen LogP contribution is 2.10. The van der Waals surface area contributed by atoms with Crippen molar-refractivity contribution in [3.8, 4) is 0 Å².